The standard InChI is InChI=1S/C12H20BrClN2O/c1-3-4-10(13)5-6-12-11(14)9-15-16(12)7-8-17-2/h9-10H,3-8H2,1-2H3. The molecule has 1 aromatic rings. The van der Waals surface area contributed by atoms with E-state index in [0.717, 1.165) is 30.1 Å². The first kappa shape index (κ1) is 15.0. The molecule has 0 aliphatic carbocycles. The van der Waals surface area contributed by atoms with Gasteiger partial charge in [0.2, 0.25) is 0 Å². The lowest BCUT2D eigenvalue weighted by molar-refractivity contribution is 0.182. The molecule has 0 saturated carbocycles. The van der Waals surface area contributed by atoms with Gasteiger partial charge in [0.15, 0.2) is 0 Å². The molecule has 0 radical (unpaired) electrons. The summed E-state index contributed by atoms with van der Waals surface area (Å²) in [6, 6.07) is 0. The van der Waals surface area contributed by atoms with Gasteiger partial charge in [-0.15, -0.1) is 0 Å². The minimum Gasteiger partial charge on any atom is -0.383 e. The lowest BCUT2D eigenvalue weighted by atomic mass is 10.1. The summed E-state index contributed by atoms with van der Waals surface area (Å²) >= 11 is 9.83. The second kappa shape index (κ2) is 8.11. The number of methoxy groups -OCH3 is 1. The zero-order valence-electron chi connectivity index (χ0n) is 10.5. The van der Waals surface area contributed by atoms with E-state index in [9.17, 15) is 0 Å². The number of alkyl halides is 1. The molecular formula is C12H20BrClN2O. The van der Waals surface area contributed by atoms with Gasteiger partial charge in [-0.3, -0.25) is 4.68 Å². The van der Waals surface area contributed by atoms with Crippen molar-refractivity contribution in [2.45, 2.75) is 44.0 Å². The smallest absolute Gasteiger partial charge is 0.0817 e. The maximum Gasteiger partial charge on any atom is 0.0817 e. The van der Waals surface area contributed by atoms with E-state index in [-0.39, 0.29) is 0 Å². The van der Waals surface area contributed by atoms with E-state index in [1.807, 2.05) is 4.68 Å². The molecule has 0 aromatic carbocycles. The van der Waals surface area contributed by atoms with Crippen molar-refractivity contribution in [3.63, 3.8) is 0 Å². The highest BCUT2D eigenvalue weighted by Gasteiger charge is 2.11. The third-order valence-corrected chi connectivity index (χ3v) is 3.93. The van der Waals surface area contributed by atoms with E-state index >= 15 is 0 Å². The molecule has 0 bridgehead atoms. The van der Waals surface area contributed by atoms with Crippen molar-refractivity contribution in [2.75, 3.05) is 13.7 Å². The van der Waals surface area contributed by atoms with E-state index in [4.69, 9.17) is 16.3 Å². The number of ether oxygens (including phenoxy) is 1. The molecule has 17 heavy (non-hydrogen) atoms. The van der Waals surface area contributed by atoms with Gasteiger partial charge in [0.25, 0.3) is 0 Å². The molecule has 1 heterocycles. The molecule has 1 rings (SSSR count). The lowest BCUT2D eigenvalue weighted by Gasteiger charge is -2.10. The Morgan fingerprint density at radius 2 is 2.29 bits per heavy atom. The van der Waals surface area contributed by atoms with Crippen molar-refractivity contribution in [3.8, 4) is 0 Å². The summed E-state index contributed by atoms with van der Waals surface area (Å²) in [7, 11) is 1.69. The van der Waals surface area contributed by atoms with E-state index in [1.165, 1.54) is 12.8 Å². The van der Waals surface area contributed by atoms with Crippen LogP contribution in [0.5, 0.6) is 0 Å². The van der Waals surface area contributed by atoms with Crippen LogP contribution in [-0.2, 0) is 17.7 Å². The van der Waals surface area contributed by atoms with Crippen LogP contribution in [0.2, 0.25) is 5.02 Å². The Kier molecular flexibility index (Phi) is 7.16. The van der Waals surface area contributed by atoms with Crippen LogP contribution in [0, 0.1) is 0 Å². The minimum atomic E-state index is 0.564. The minimum absolute atomic E-state index is 0.564. The largest absolute Gasteiger partial charge is 0.383 e. The summed E-state index contributed by atoms with van der Waals surface area (Å²) in [6.45, 7) is 3.63. The summed E-state index contributed by atoms with van der Waals surface area (Å²) in [6.07, 6.45) is 6.16. The van der Waals surface area contributed by atoms with Gasteiger partial charge >= 0.3 is 0 Å². The first-order chi connectivity index (χ1) is 8.19. The van der Waals surface area contributed by atoms with E-state index in [1.54, 1.807) is 13.3 Å². The summed E-state index contributed by atoms with van der Waals surface area (Å²) in [5.74, 6) is 0. The van der Waals surface area contributed by atoms with Crippen LogP contribution in [0.1, 0.15) is 31.9 Å². The Balaban J connectivity index is 2.53. The molecule has 0 saturated heterocycles. The fourth-order valence-corrected chi connectivity index (χ4v) is 2.68. The van der Waals surface area contributed by atoms with Crippen molar-refractivity contribution >= 4 is 27.5 Å². The van der Waals surface area contributed by atoms with Crippen molar-refractivity contribution in [1.29, 1.82) is 0 Å². The van der Waals surface area contributed by atoms with Crippen LogP contribution in [0.3, 0.4) is 0 Å². The molecule has 0 aliphatic heterocycles. The number of aromatic nitrogens is 2. The Morgan fingerprint density at radius 3 is 2.94 bits per heavy atom. The van der Waals surface area contributed by atoms with Crippen molar-refractivity contribution in [1.82, 2.24) is 9.78 Å². The lowest BCUT2D eigenvalue weighted by Crippen LogP contribution is -2.11. The quantitative estimate of drug-likeness (QED) is 0.682. The Morgan fingerprint density at radius 1 is 1.53 bits per heavy atom. The third-order valence-electron chi connectivity index (χ3n) is 2.70. The van der Waals surface area contributed by atoms with Crippen LogP contribution in [-0.4, -0.2) is 28.3 Å². The molecule has 1 aromatic heterocycles. The molecule has 1 atom stereocenters. The van der Waals surface area contributed by atoms with Gasteiger partial charge in [-0.2, -0.15) is 5.10 Å². The molecule has 5 heteroatoms. The topological polar surface area (TPSA) is 27.1 Å². The molecular weight excluding hydrogens is 304 g/mol. The first-order valence-corrected chi connectivity index (χ1v) is 7.31. The van der Waals surface area contributed by atoms with Gasteiger partial charge in [-0.05, 0) is 19.3 Å². The van der Waals surface area contributed by atoms with Crippen molar-refractivity contribution < 1.29 is 4.74 Å². The van der Waals surface area contributed by atoms with E-state index < -0.39 is 0 Å². The maximum absolute atomic E-state index is 6.14. The molecule has 1 unspecified atom stereocenters. The number of rotatable bonds is 8. The summed E-state index contributed by atoms with van der Waals surface area (Å²) in [4.78, 5) is 0.564. The SMILES string of the molecule is CCCC(Br)CCc1c(Cl)cnn1CCOC. The van der Waals surface area contributed by atoms with Crippen LogP contribution < -0.4 is 0 Å². The highest BCUT2D eigenvalue weighted by atomic mass is 79.9. The van der Waals surface area contributed by atoms with Crippen LogP contribution in [0.4, 0.5) is 0 Å². The summed E-state index contributed by atoms with van der Waals surface area (Å²) in [5.41, 5.74) is 1.12. The highest BCUT2D eigenvalue weighted by molar-refractivity contribution is 9.09. The van der Waals surface area contributed by atoms with Crippen molar-refractivity contribution in [2.24, 2.45) is 0 Å². The third kappa shape index (κ3) is 4.98. The normalized spacial score (nSPS) is 12.9. The summed E-state index contributed by atoms with van der Waals surface area (Å²) in [5, 5.41) is 5.03. The predicted molar refractivity (Wildman–Crippen MR) is 75.1 cm³/mol. The van der Waals surface area contributed by atoms with Gasteiger partial charge in [-0.25, -0.2) is 0 Å². The Bertz CT molecular complexity index is 330. The highest BCUT2D eigenvalue weighted by Crippen LogP contribution is 2.21. The second-order valence-electron chi connectivity index (χ2n) is 4.08. The molecule has 0 fully saturated rings. The molecule has 3 nitrogen and oxygen atoms in total. The molecule has 0 amide bonds. The maximum atomic E-state index is 6.14. The van der Waals surface area contributed by atoms with Gasteiger partial charge in [-0.1, -0.05) is 40.9 Å². The predicted octanol–water partition coefficient (Wildman–Crippen LogP) is 3.68. The first-order valence-electron chi connectivity index (χ1n) is 6.02. The monoisotopic (exact) mass is 322 g/mol. The number of hydrogen-bond donors (Lipinski definition) is 0. The van der Waals surface area contributed by atoms with Crippen LogP contribution >= 0.6 is 27.5 Å². The molecule has 0 aliphatic rings. The van der Waals surface area contributed by atoms with Crippen molar-refractivity contribution in [3.05, 3.63) is 16.9 Å². The van der Waals surface area contributed by atoms with Gasteiger partial charge in [0.1, 0.15) is 0 Å². The average Bonchev–Trinajstić information content (AvgIpc) is 2.65. The van der Waals surface area contributed by atoms with Crippen LogP contribution in [0.25, 0.3) is 0 Å². The van der Waals surface area contributed by atoms with Crippen LogP contribution in [0.15, 0.2) is 6.20 Å². The summed E-state index contributed by atoms with van der Waals surface area (Å²) < 4.78 is 7.00. The zero-order valence-corrected chi connectivity index (χ0v) is 12.8. The van der Waals surface area contributed by atoms with Gasteiger partial charge in [0.05, 0.1) is 30.1 Å². The molecule has 0 spiro atoms. The van der Waals surface area contributed by atoms with Gasteiger partial charge in [0, 0.05) is 11.9 Å². The molecule has 0 N–H and O–H groups in total. The molecule has 98 valence electrons. The second-order valence-corrected chi connectivity index (χ2v) is 5.78. The number of nitrogens with zero attached hydrogens (tertiary/aromatic N) is 2. The fourth-order valence-electron chi connectivity index (χ4n) is 1.76. The average molecular weight is 324 g/mol. The van der Waals surface area contributed by atoms with E-state index in [2.05, 4.69) is 28.0 Å². The van der Waals surface area contributed by atoms with Gasteiger partial charge < -0.3 is 4.74 Å². The fraction of sp³-hybridized carbons (Fsp3) is 0.750. The Hall–Kier alpha value is -0.0600. The Labute approximate surface area is 117 Å². The van der Waals surface area contributed by atoms with E-state index in [0.29, 0.717) is 11.4 Å². The number of hydrogen-bond acceptors (Lipinski definition) is 2. The zero-order chi connectivity index (χ0) is 12.7. The number of halogens is 2.